The van der Waals surface area contributed by atoms with Crippen molar-refractivity contribution < 1.29 is 9.90 Å². The van der Waals surface area contributed by atoms with Gasteiger partial charge in [0.05, 0.1) is 6.04 Å². The van der Waals surface area contributed by atoms with Gasteiger partial charge in [-0.1, -0.05) is 52.7 Å². The van der Waals surface area contributed by atoms with Crippen molar-refractivity contribution >= 4 is 43.3 Å². The molecule has 2 heterocycles. The molecular weight excluding hydrogens is 410 g/mol. The zero-order valence-corrected chi connectivity index (χ0v) is 16.7. The number of likely N-dealkylation sites (tertiary alicyclic amines) is 1. The lowest BCUT2D eigenvalue weighted by Gasteiger charge is -2.39. The molecule has 1 aliphatic rings. The molecule has 1 aliphatic heterocycles. The smallest absolute Gasteiger partial charge is 0.320 e. The van der Waals surface area contributed by atoms with Crippen LogP contribution in [0.4, 0.5) is 0 Å². The minimum Gasteiger partial charge on any atom is -0.480 e. The van der Waals surface area contributed by atoms with Gasteiger partial charge in [0.2, 0.25) is 0 Å². The molecule has 3 aromatic rings. The third-order valence-corrected chi connectivity index (χ3v) is 6.66. The van der Waals surface area contributed by atoms with Gasteiger partial charge in [-0.05, 0) is 59.5 Å². The molecule has 0 amide bonds. The van der Waals surface area contributed by atoms with Crippen LogP contribution in [-0.2, 0) is 4.79 Å². The monoisotopic (exact) mass is 429 g/mol. The first kappa shape index (κ1) is 17.7. The van der Waals surface area contributed by atoms with Crippen molar-refractivity contribution in [1.29, 1.82) is 0 Å². The molecule has 26 heavy (non-hydrogen) atoms. The van der Waals surface area contributed by atoms with Crippen LogP contribution in [0.15, 0.2) is 58.4 Å². The highest BCUT2D eigenvalue weighted by Gasteiger charge is 2.36. The lowest BCUT2D eigenvalue weighted by Crippen LogP contribution is -2.46. The lowest BCUT2D eigenvalue weighted by molar-refractivity contribution is -0.145. The second-order valence-corrected chi connectivity index (χ2v) is 8.56. The predicted molar refractivity (Wildman–Crippen MR) is 110 cm³/mol. The Morgan fingerprint density at radius 3 is 2.69 bits per heavy atom. The van der Waals surface area contributed by atoms with Crippen LogP contribution in [0.5, 0.6) is 0 Å². The maximum Gasteiger partial charge on any atom is 0.320 e. The van der Waals surface area contributed by atoms with Gasteiger partial charge in [-0.15, -0.1) is 11.3 Å². The van der Waals surface area contributed by atoms with Crippen LogP contribution in [0.3, 0.4) is 0 Å². The highest BCUT2D eigenvalue weighted by atomic mass is 79.9. The first-order valence-corrected chi connectivity index (χ1v) is 10.5. The molecular formula is C21H20BrNO2S. The Morgan fingerprint density at radius 1 is 1.15 bits per heavy atom. The fourth-order valence-electron chi connectivity index (χ4n) is 3.93. The van der Waals surface area contributed by atoms with E-state index < -0.39 is 12.0 Å². The molecule has 0 aliphatic carbocycles. The number of nitrogens with zero attached hydrogens (tertiary/aromatic N) is 1. The van der Waals surface area contributed by atoms with E-state index in [1.54, 1.807) is 11.3 Å². The van der Waals surface area contributed by atoms with Gasteiger partial charge < -0.3 is 5.11 Å². The van der Waals surface area contributed by atoms with E-state index in [0.717, 1.165) is 29.4 Å². The largest absolute Gasteiger partial charge is 0.480 e. The molecule has 0 spiro atoms. The highest BCUT2D eigenvalue weighted by molar-refractivity contribution is 9.10. The van der Waals surface area contributed by atoms with E-state index in [9.17, 15) is 9.90 Å². The fraction of sp³-hybridized carbons (Fsp3) is 0.286. The Balaban J connectivity index is 1.86. The number of benzene rings is 2. The zero-order valence-electron chi connectivity index (χ0n) is 14.3. The van der Waals surface area contributed by atoms with Crippen molar-refractivity contribution in [2.45, 2.75) is 31.3 Å². The third-order valence-electron chi connectivity index (χ3n) is 5.15. The van der Waals surface area contributed by atoms with Crippen LogP contribution in [0.1, 0.15) is 36.4 Å². The van der Waals surface area contributed by atoms with Crippen LogP contribution >= 0.6 is 27.3 Å². The summed E-state index contributed by atoms with van der Waals surface area (Å²) in [6.07, 6.45) is 2.73. The summed E-state index contributed by atoms with van der Waals surface area (Å²) < 4.78 is 2.28. The van der Waals surface area contributed by atoms with E-state index in [1.165, 1.54) is 15.6 Å². The van der Waals surface area contributed by atoms with Crippen molar-refractivity contribution in [2.75, 3.05) is 6.54 Å². The third kappa shape index (κ3) is 3.31. The Kier molecular flexibility index (Phi) is 5.11. The number of carboxylic acid groups (broad SMARTS) is 1. The van der Waals surface area contributed by atoms with Crippen LogP contribution < -0.4 is 0 Å². The average Bonchev–Trinajstić information content (AvgIpc) is 3.08. The first-order valence-electron chi connectivity index (χ1n) is 8.85. The van der Waals surface area contributed by atoms with E-state index in [1.807, 2.05) is 12.1 Å². The van der Waals surface area contributed by atoms with E-state index in [0.29, 0.717) is 6.42 Å². The van der Waals surface area contributed by atoms with Gasteiger partial charge >= 0.3 is 5.97 Å². The summed E-state index contributed by atoms with van der Waals surface area (Å²) in [5, 5.41) is 13.2. The van der Waals surface area contributed by atoms with Gasteiger partial charge in [0, 0.05) is 9.17 Å². The molecule has 4 rings (SSSR count). The van der Waals surface area contributed by atoms with E-state index in [-0.39, 0.29) is 6.04 Å². The van der Waals surface area contributed by atoms with Crippen LogP contribution in [0.2, 0.25) is 0 Å². The number of carbonyl (C=O) groups is 1. The summed E-state index contributed by atoms with van der Waals surface area (Å²) in [7, 11) is 0. The molecule has 134 valence electrons. The van der Waals surface area contributed by atoms with Crippen LogP contribution in [-0.4, -0.2) is 28.6 Å². The van der Waals surface area contributed by atoms with Gasteiger partial charge in [-0.3, -0.25) is 9.69 Å². The van der Waals surface area contributed by atoms with Crippen molar-refractivity contribution in [2.24, 2.45) is 0 Å². The normalized spacial score (nSPS) is 19.5. The highest BCUT2D eigenvalue weighted by Crippen LogP contribution is 2.40. The number of piperidine rings is 1. The average molecular weight is 430 g/mol. The number of halogens is 1. The maximum atomic E-state index is 11.9. The number of thiophene rings is 1. The second-order valence-electron chi connectivity index (χ2n) is 6.73. The Hall–Kier alpha value is -1.69. The van der Waals surface area contributed by atoms with Crippen molar-refractivity contribution in [3.8, 4) is 0 Å². The molecule has 5 heteroatoms. The maximum absolute atomic E-state index is 11.9. The summed E-state index contributed by atoms with van der Waals surface area (Å²) >= 11 is 5.24. The number of carboxylic acids is 1. The lowest BCUT2D eigenvalue weighted by atomic mass is 9.91. The molecule has 1 aromatic heterocycles. The van der Waals surface area contributed by atoms with E-state index in [2.05, 4.69) is 62.6 Å². The zero-order chi connectivity index (χ0) is 18.1. The first-order chi connectivity index (χ1) is 12.6. The standard InChI is InChI=1S/C21H20BrNO2S/c22-15-10-8-14(9-11-15)20(23-12-4-3-6-18(23)21(24)25)17-13-26-19-7-2-1-5-16(17)19/h1-2,5,7-11,13,18,20H,3-4,6,12H2,(H,24,25). The Labute approximate surface area is 165 Å². The number of fused-ring (bicyclic) bond motifs is 1. The summed E-state index contributed by atoms with van der Waals surface area (Å²) in [6.45, 7) is 0.807. The van der Waals surface area contributed by atoms with Gasteiger partial charge in [-0.25, -0.2) is 0 Å². The van der Waals surface area contributed by atoms with Crippen molar-refractivity contribution in [1.82, 2.24) is 4.90 Å². The number of hydrogen-bond acceptors (Lipinski definition) is 3. The van der Waals surface area contributed by atoms with Gasteiger partial charge in [0.15, 0.2) is 0 Å². The van der Waals surface area contributed by atoms with E-state index in [4.69, 9.17) is 0 Å². The summed E-state index contributed by atoms with van der Waals surface area (Å²) in [4.78, 5) is 14.1. The quantitative estimate of drug-likeness (QED) is 0.578. The number of hydrogen-bond donors (Lipinski definition) is 1. The molecule has 2 unspecified atom stereocenters. The summed E-state index contributed by atoms with van der Waals surface area (Å²) in [5.74, 6) is -0.716. The van der Waals surface area contributed by atoms with Crippen LogP contribution in [0, 0.1) is 0 Å². The van der Waals surface area contributed by atoms with E-state index >= 15 is 0 Å². The molecule has 2 aromatic carbocycles. The molecule has 2 atom stereocenters. The fourth-order valence-corrected chi connectivity index (χ4v) is 5.18. The van der Waals surface area contributed by atoms with Gasteiger partial charge in [0.1, 0.15) is 6.04 Å². The van der Waals surface area contributed by atoms with Gasteiger partial charge in [-0.2, -0.15) is 0 Å². The minimum atomic E-state index is -0.716. The SMILES string of the molecule is O=C(O)C1CCCCN1C(c1ccc(Br)cc1)c1csc2ccccc12. The van der Waals surface area contributed by atoms with Crippen LogP contribution in [0.25, 0.3) is 10.1 Å². The second kappa shape index (κ2) is 7.51. The number of rotatable bonds is 4. The summed E-state index contributed by atoms with van der Waals surface area (Å²) in [5.41, 5.74) is 2.35. The number of aliphatic carboxylic acids is 1. The minimum absolute atomic E-state index is 0.0411. The molecule has 0 bridgehead atoms. The molecule has 1 N–H and O–H groups in total. The van der Waals surface area contributed by atoms with Crippen molar-refractivity contribution in [3.05, 3.63) is 69.5 Å². The molecule has 0 radical (unpaired) electrons. The van der Waals surface area contributed by atoms with Crippen molar-refractivity contribution in [3.63, 3.8) is 0 Å². The molecule has 1 saturated heterocycles. The molecule has 1 fully saturated rings. The topological polar surface area (TPSA) is 40.5 Å². The van der Waals surface area contributed by atoms with Gasteiger partial charge in [0.25, 0.3) is 0 Å². The Bertz CT molecular complexity index is 921. The molecule has 3 nitrogen and oxygen atoms in total. The predicted octanol–water partition coefficient (Wildman–Crippen LogP) is 5.69. The molecule has 0 saturated carbocycles. The summed E-state index contributed by atoms with van der Waals surface area (Å²) in [6, 6.07) is 16.2. The Morgan fingerprint density at radius 2 is 1.92 bits per heavy atom.